The summed E-state index contributed by atoms with van der Waals surface area (Å²) in [5.74, 6) is 0. The molecule has 2 aromatic rings. The molecule has 0 unspecified atom stereocenters. The van der Waals surface area contributed by atoms with Crippen LogP contribution in [0.15, 0.2) is 35.1 Å². The molecular weight excluding hydrogens is 214 g/mol. The van der Waals surface area contributed by atoms with Crippen LogP contribution in [0.5, 0.6) is 0 Å². The topological polar surface area (TPSA) is 53.0 Å². The van der Waals surface area contributed by atoms with Gasteiger partial charge in [0.1, 0.15) is 5.69 Å². The second-order valence-corrected chi connectivity index (χ2v) is 4.39. The summed E-state index contributed by atoms with van der Waals surface area (Å²) in [7, 11) is 0. The summed E-state index contributed by atoms with van der Waals surface area (Å²) in [6.07, 6.45) is 0. The van der Waals surface area contributed by atoms with E-state index in [1.165, 1.54) is 0 Å². The predicted molar refractivity (Wildman–Crippen MR) is 69.6 cm³/mol. The molecule has 1 aromatic carbocycles. The zero-order valence-electron chi connectivity index (χ0n) is 10.3. The Morgan fingerprint density at radius 2 is 1.76 bits per heavy atom. The van der Waals surface area contributed by atoms with Crippen molar-refractivity contribution in [2.45, 2.75) is 26.8 Å². The lowest BCUT2D eigenvalue weighted by Gasteiger charge is -2.16. The molecule has 4 nitrogen and oxygen atoms in total. The highest BCUT2D eigenvalue weighted by Gasteiger charge is 2.17. The van der Waals surface area contributed by atoms with E-state index in [0.29, 0.717) is 5.69 Å². The Morgan fingerprint density at radius 3 is 2.29 bits per heavy atom. The minimum atomic E-state index is -0.151. The minimum Gasteiger partial charge on any atom is -0.393 e. The van der Waals surface area contributed by atoms with Crippen LogP contribution in [0.3, 0.4) is 0 Å². The first kappa shape index (κ1) is 11.5. The number of anilines is 1. The molecule has 0 aliphatic carbocycles. The quantitative estimate of drug-likeness (QED) is 0.860. The number of nitrogen functional groups attached to an aromatic ring is 1. The standard InChI is InChI=1S/C13H17N3O/c1-9(2)15-10(3)12(14)13(17)16(15)11-7-5-4-6-8-11/h4-9H,14H2,1-3H3. The first-order chi connectivity index (χ1) is 8.04. The molecule has 0 aliphatic rings. The maximum atomic E-state index is 12.1. The van der Waals surface area contributed by atoms with Crippen LogP contribution in [-0.4, -0.2) is 9.36 Å². The molecule has 0 atom stereocenters. The SMILES string of the molecule is Cc1c(N)c(=O)n(-c2ccccc2)n1C(C)C. The highest BCUT2D eigenvalue weighted by molar-refractivity contribution is 5.45. The van der Waals surface area contributed by atoms with Crippen LogP contribution in [0.4, 0.5) is 5.69 Å². The van der Waals surface area contributed by atoms with E-state index in [1.807, 2.05) is 55.8 Å². The van der Waals surface area contributed by atoms with Crippen molar-refractivity contribution < 1.29 is 0 Å². The van der Waals surface area contributed by atoms with Gasteiger partial charge in [-0.05, 0) is 32.9 Å². The van der Waals surface area contributed by atoms with Crippen LogP contribution in [0.25, 0.3) is 5.69 Å². The Kier molecular flexibility index (Phi) is 2.79. The maximum absolute atomic E-state index is 12.1. The van der Waals surface area contributed by atoms with Gasteiger partial charge in [-0.15, -0.1) is 0 Å². The molecule has 1 heterocycles. The lowest BCUT2D eigenvalue weighted by molar-refractivity contribution is 0.467. The van der Waals surface area contributed by atoms with Gasteiger partial charge in [-0.2, -0.15) is 0 Å². The van der Waals surface area contributed by atoms with E-state index in [1.54, 1.807) is 4.68 Å². The normalized spacial score (nSPS) is 11.1. The fourth-order valence-corrected chi connectivity index (χ4v) is 2.07. The number of benzene rings is 1. The third kappa shape index (κ3) is 1.75. The Hall–Kier alpha value is -1.97. The minimum absolute atomic E-state index is 0.151. The van der Waals surface area contributed by atoms with Gasteiger partial charge in [-0.25, -0.2) is 4.68 Å². The number of nitrogens with zero attached hydrogens (tertiary/aromatic N) is 2. The smallest absolute Gasteiger partial charge is 0.294 e. The number of nitrogens with two attached hydrogens (primary N) is 1. The largest absolute Gasteiger partial charge is 0.393 e. The number of hydrogen-bond donors (Lipinski definition) is 1. The van der Waals surface area contributed by atoms with Crippen LogP contribution < -0.4 is 11.3 Å². The molecule has 4 heteroatoms. The number of rotatable bonds is 2. The van der Waals surface area contributed by atoms with Crippen LogP contribution in [-0.2, 0) is 0 Å². The zero-order valence-corrected chi connectivity index (χ0v) is 10.3. The zero-order chi connectivity index (χ0) is 12.6. The molecule has 0 aliphatic heterocycles. The summed E-state index contributed by atoms with van der Waals surface area (Å²) in [5.41, 5.74) is 7.65. The van der Waals surface area contributed by atoms with Crippen LogP contribution in [0.1, 0.15) is 25.6 Å². The molecule has 2 N–H and O–H groups in total. The van der Waals surface area contributed by atoms with Gasteiger partial charge in [-0.3, -0.25) is 9.48 Å². The second-order valence-electron chi connectivity index (χ2n) is 4.39. The maximum Gasteiger partial charge on any atom is 0.294 e. The summed E-state index contributed by atoms with van der Waals surface area (Å²) < 4.78 is 3.56. The summed E-state index contributed by atoms with van der Waals surface area (Å²) in [4.78, 5) is 12.1. The average Bonchev–Trinajstić information content (AvgIpc) is 2.55. The van der Waals surface area contributed by atoms with Gasteiger partial charge >= 0.3 is 0 Å². The van der Waals surface area contributed by atoms with Gasteiger partial charge in [0.05, 0.1) is 11.4 Å². The molecule has 0 amide bonds. The number of para-hydroxylation sites is 1. The molecule has 0 radical (unpaired) electrons. The van der Waals surface area contributed by atoms with Crippen LogP contribution in [0.2, 0.25) is 0 Å². The molecule has 0 saturated heterocycles. The summed E-state index contributed by atoms with van der Waals surface area (Å²) in [6.45, 7) is 5.94. The van der Waals surface area contributed by atoms with E-state index in [4.69, 9.17) is 5.73 Å². The summed E-state index contributed by atoms with van der Waals surface area (Å²) in [6, 6.07) is 9.72. The molecule has 0 fully saturated rings. The fraction of sp³-hybridized carbons (Fsp3) is 0.308. The highest BCUT2D eigenvalue weighted by Crippen LogP contribution is 2.17. The molecule has 90 valence electrons. The van der Waals surface area contributed by atoms with E-state index in [9.17, 15) is 4.79 Å². The van der Waals surface area contributed by atoms with Gasteiger partial charge < -0.3 is 5.73 Å². The van der Waals surface area contributed by atoms with Gasteiger partial charge in [-0.1, -0.05) is 18.2 Å². The van der Waals surface area contributed by atoms with Gasteiger partial charge in [0.2, 0.25) is 0 Å². The molecule has 0 spiro atoms. The van der Waals surface area contributed by atoms with E-state index >= 15 is 0 Å². The van der Waals surface area contributed by atoms with E-state index in [-0.39, 0.29) is 11.6 Å². The average molecular weight is 231 g/mol. The van der Waals surface area contributed by atoms with Crippen molar-refractivity contribution in [1.82, 2.24) is 9.36 Å². The number of hydrogen-bond acceptors (Lipinski definition) is 2. The van der Waals surface area contributed by atoms with Gasteiger partial charge in [0.15, 0.2) is 0 Å². The summed E-state index contributed by atoms with van der Waals surface area (Å²) >= 11 is 0. The third-order valence-electron chi connectivity index (χ3n) is 2.86. The first-order valence-electron chi connectivity index (χ1n) is 5.69. The molecular formula is C13H17N3O. The van der Waals surface area contributed by atoms with Crippen LogP contribution in [0, 0.1) is 6.92 Å². The summed E-state index contributed by atoms with van der Waals surface area (Å²) in [5, 5.41) is 0. The van der Waals surface area contributed by atoms with Crippen LogP contribution >= 0.6 is 0 Å². The predicted octanol–water partition coefficient (Wildman–Crippen LogP) is 2.11. The van der Waals surface area contributed by atoms with E-state index in [2.05, 4.69) is 0 Å². The van der Waals surface area contributed by atoms with Gasteiger partial charge in [0, 0.05) is 6.04 Å². The van der Waals surface area contributed by atoms with Crippen molar-refractivity contribution >= 4 is 5.69 Å². The van der Waals surface area contributed by atoms with Gasteiger partial charge in [0.25, 0.3) is 5.56 Å². The Labute approximate surface area is 100 Å². The Morgan fingerprint density at radius 1 is 1.18 bits per heavy atom. The molecule has 0 saturated carbocycles. The highest BCUT2D eigenvalue weighted by atomic mass is 16.1. The molecule has 17 heavy (non-hydrogen) atoms. The molecule has 1 aromatic heterocycles. The van der Waals surface area contributed by atoms with Crippen molar-refractivity contribution in [2.24, 2.45) is 0 Å². The third-order valence-corrected chi connectivity index (χ3v) is 2.86. The van der Waals surface area contributed by atoms with Crippen molar-refractivity contribution in [3.05, 3.63) is 46.4 Å². The fourth-order valence-electron chi connectivity index (χ4n) is 2.07. The van der Waals surface area contributed by atoms with E-state index in [0.717, 1.165) is 11.4 Å². The Bertz CT molecular complexity index is 579. The van der Waals surface area contributed by atoms with Crippen molar-refractivity contribution in [3.63, 3.8) is 0 Å². The Balaban J connectivity index is 2.78. The molecule has 0 bridgehead atoms. The van der Waals surface area contributed by atoms with E-state index < -0.39 is 0 Å². The number of aromatic nitrogens is 2. The van der Waals surface area contributed by atoms with Crippen molar-refractivity contribution in [2.75, 3.05) is 5.73 Å². The van der Waals surface area contributed by atoms with Crippen molar-refractivity contribution in [3.8, 4) is 5.69 Å². The molecule has 2 rings (SSSR count). The lowest BCUT2D eigenvalue weighted by atomic mass is 10.3. The first-order valence-corrected chi connectivity index (χ1v) is 5.69. The second kappa shape index (κ2) is 4.13. The van der Waals surface area contributed by atoms with Crippen molar-refractivity contribution in [1.29, 1.82) is 0 Å². The lowest BCUT2D eigenvalue weighted by Crippen LogP contribution is -2.23. The monoisotopic (exact) mass is 231 g/mol.